The SMILES string of the molecule is CCCNCCNC(=O)c1nnn(-c2ccc(F)c(Cl)c2)c1C.Cl. The van der Waals surface area contributed by atoms with E-state index in [0.29, 0.717) is 24.5 Å². The van der Waals surface area contributed by atoms with Crippen LogP contribution in [0, 0.1) is 12.7 Å². The minimum absolute atomic E-state index is 0. The number of hydrogen-bond donors (Lipinski definition) is 2. The fraction of sp³-hybridized carbons (Fsp3) is 0.400. The Hall–Kier alpha value is -1.70. The molecule has 0 aliphatic carbocycles. The summed E-state index contributed by atoms with van der Waals surface area (Å²) >= 11 is 5.77. The molecule has 0 radical (unpaired) electrons. The summed E-state index contributed by atoms with van der Waals surface area (Å²) in [5.41, 5.74) is 1.35. The van der Waals surface area contributed by atoms with Gasteiger partial charge in [0.05, 0.1) is 16.4 Å². The first-order valence-electron chi connectivity index (χ1n) is 7.41. The maximum atomic E-state index is 13.2. The largest absolute Gasteiger partial charge is 0.349 e. The van der Waals surface area contributed by atoms with E-state index in [1.165, 1.54) is 22.9 Å². The molecule has 1 amide bonds. The van der Waals surface area contributed by atoms with E-state index in [0.717, 1.165) is 13.0 Å². The van der Waals surface area contributed by atoms with Crippen molar-refractivity contribution < 1.29 is 9.18 Å². The summed E-state index contributed by atoms with van der Waals surface area (Å²) in [4.78, 5) is 12.1. The fourth-order valence-corrected chi connectivity index (χ4v) is 2.23. The lowest BCUT2D eigenvalue weighted by Crippen LogP contribution is -2.32. The number of rotatable bonds is 7. The van der Waals surface area contributed by atoms with Crippen molar-refractivity contribution in [3.63, 3.8) is 0 Å². The monoisotopic (exact) mass is 375 g/mol. The van der Waals surface area contributed by atoms with Crippen LogP contribution >= 0.6 is 24.0 Å². The van der Waals surface area contributed by atoms with E-state index in [1.807, 2.05) is 0 Å². The summed E-state index contributed by atoms with van der Waals surface area (Å²) in [6.45, 7) is 5.92. The molecular formula is C15H20Cl2FN5O. The number of carbonyl (C=O) groups is 1. The van der Waals surface area contributed by atoms with E-state index in [2.05, 4.69) is 27.9 Å². The number of nitrogens with zero attached hydrogens (tertiary/aromatic N) is 3. The molecule has 9 heteroatoms. The lowest BCUT2D eigenvalue weighted by atomic mass is 10.2. The molecule has 1 heterocycles. The number of halogens is 3. The van der Waals surface area contributed by atoms with Crippen LogP contribution in [0.15, 0.2) is 18.2 Å². The molecule has 1 aromatic heterocycles. The van der Waals surface area contributed by atoms with Crippen molar-refractivity contribution >= 4 is 29.9 Å². The Morgan fingerprint density at radius 2 is 2.08 bits per heavy atom. The maximum Gasteiger partial charge on any atom is 0.273 e. The Morgan fingerprint density at radius 3 is 2.75 bits per heavy atom. The van der Waals surface area contributed by atoms with Gasteiger partial charge in [0, 0.05) is 13.1 Å². The predicted molar refractivity (Wildman–Crippen MR) is 93.8 cm³/mol. The summed E-state index contributed by atoms with van der Waals surface area (Å²) in [5, 5.41) is 13.8. The highest BCUT2D eigenvalue weighted by Gasteiger charge is 2.17. The highest BCUT2D eigenvalue weighted by molar-refractivity contribution is 6.30. The van der Waals surface area contributed by atoms with Crippen LogP contribution in [0.25, 0.3) is 5.69 Å². The van der Waals surface area contributed by atoms with Crippen molar-refractivity contribution in [2.45, 2.75) is 20.3 Å². The highest BCUT2D eigenvalue weighted by atomic mass is 35.5. The molecule has 2 rings (SSSR count). The third-order valence-electron chi connectivity index (χ3n) is 3.27. The van der Waals surface area contributed by atoms with Crippen LogP contribution in [0.4, 0.5) is 4.39 Å². The number of carbonyl (C=O) groups excluding carboxylic acids is 1. The molecule has 2 N–H and O–H groups in total. The van der Waals surface area contributed by atoms with Crippen LogP contribution in [0.3, 0.4) is 0 Å². The molecule has 0 spiro atoms. The van der Waals surface area contributed by atoms with E-state index in [1.54, 1.807) is 6.92 Å². The summed E-state index contributed by atoms with van der Waals surface area (Å²) < 4.78 is 14.7. The zero-order valence-electron chi connectivity index (χ0n) is 13.5. The van der Waals surface area contributed by atoms with Gasteiger partial charge in [-0.25, -0.2) is 9.07 Å². The Balaban J connectivity index is 0.00000288. The second kappa shape index (κ2) is 9.56. The number of nitrogens with one attached hydrogen (secondary N) is 2. The van der Waals surface area contributed by atoms with Crippen molar-refractivity contribution in [2.24, 2.45) is 0 Å². The second-order valence-corrected chi connectivity index (χ2v) is 5.45. The first-order valence-corrected chi connectivity index (χ1v) is 7.79. The molecule has 0 aliphatic rings. The summed E-state index contributed by atoms with van der Waals surface area (Å²) in [5.74, 6) is -0.800. The van der Waals surface area contributed by atoms with Gasteiger partial charge in [-0.3, -0.25) is 4.79 Å². The number of amides is 1. The first kappa shape index (κ1) is 20.3. The smallest absolute Gasteiger partial charge is 0.273 e. The Morgan fingerprint density at radius 1 is 1.33 bits per heavy atom. The molecule has 0 saturated heterocycles. The van der Waals surface area contributed by atoms with Gasteiger partial charge in [-0.15, -0.1) is 17.5 Å². The van der Waals surface area contributed by atoms with Gasteiger partial charge in [-0.1, -0.05) is 23.7 Å². The summed E-state index contributed by atoms with van der Waals surface area (Å²) in [7, 11) is 0. The van der Waals surface area contributed by atoms with E-state index in [-0.39, 0.29) is 29.0 Å². The molecule has 0 bridgehead atoms. The zero-order chi connectivity index (χ0) is 16.8. The second-order valence-electron chi connectivity index (χ2n) is 5.04. The van der Waals surface area contributed by atoms with Crippen LogP contribution in [-0.4, -0.2) is 40.5 Å². The Labute approximate surface area is 151 Å². The molecule has 6 nitrogen and oxygen atoms in total. The summed E-state index contributed by atoms with van der Waals surface area (Å²) in [6, 6.07) is 4.21. The lowest BCUT2D eigenvalue weighted by molar-refractivity contribution is 0.0948. The molecule has 2 aromatic rings. The minimum Gasteiger partial charge on any atom is -0.349 e. The van der Waals surface area contributed by atoms with Gasteiger partial charge >= 0.3 is 0 Å². The van der Waals surface area contributed by atoms with Crippen LogP contribution in [-0.2, 0) is 0 Å². The highest BCUT2D eigenvalue weighted by Crippen LogP contribution is 2.20. The predicted octanol–water partition coefficient (Wildman–Crippen LogP) is 2.52. The number of benzene rings is 1. The van der Waals surface area contributed by atoms with Gasteiger partial charge in [0.2, 0.25) is 0 Å². The van der Waals surface area contributed by atoms with Crippen molar-refractivity contribution in [3.8, 4) is 5.69 Å². The van der Waals surface area contributed by atoms with Crippen molar-refractivity contribution in [1.29, 1.82) is 0 Å². The molecule has 0 fully saturated rings. The normalized spacial score (nSPS) is 10.3. The fourth-order valence-electron chi connectivity index (χ4n) is 2.05. The first-order chi connectivity index (χ1) is 11.0. The molecular weight excluding hydrogens is 356 g/mol. The third kappa shape index (κ3) is 4.90. The quantitative estimate of drug-likeness (QED) is 0.729. The topological polar surface area (TPSA) is 71.8 Å². The standard InChI is InChI=1S/C15H19ClFN5O.ClH/c1-3-6-18-7-8-19-15(23)14-10(2)22(21-20-14)11-4-5-13(17)12(16)9-11;/h4-5,9,18H,3,6-8H2,1-2H3,(H,19,23);1H. The zero-order valence-corrected chi connectivity index (χ0v) is 15.0. The summed E-state index contributed by atoms with van der Waals surface area (Å²) in [6.07, 6.45) is 1.04. The van der Waals surface area contributed by atoms with E-state index in [9.17, 15) is 9.18 Å². The van der Waals surface area contributed by atoms with Gasteiger partial charge in [-0.2, -0.15) is 0 Å². The lowest BCUT2D eigenvalue weighted by Gasteiger charge is -2.06. The third-order valence-corrected chi connectivity index (χ3v) is 3.56. The maximum absolute atomic E-state index is 13.2. The average molecular weight is 376 g/mol. The molecule has 0 atom stereocenters. The molecule has 0 unspecified atom stereocenters. The van der Waals surface area contributed by atoms with Crippen molar-refractivity contribution in [2.75, 3.05) is 19.6 Å². The van der Waals surface area contributed by atoms with Crippen LogP contribution < -0.4 is 10.6 Å². The molecule has 0 saturated carbocycles. The molecule has 132 valence electrons. The number of hydrogen-bond acceptors (Lipinski definition) is 4. The van der Waals surface area contributed by atoms with Crippen molar-refractivity contribution in [1.82, 2.24) is 25.6 Å². The Kier molecular flexibility index (Phi) is 8.10. The van der Waals surface area contributed by atoms with E-state index in [4.69, 9.17) is 11.6 Å². The van der Waals surface area contributed by atoms with Gasteiger partial charge in [0.25, 0.3) is 5.91 Å². The van der Waals surface area contributed by atoms with Crippen molar-refractivity contribution in [3.05, 3.63) is 40.4 Å². The molecule has 0 aliphatic heterocycles. The van der Waals surface area contributed by atoms with E-state index >= 15 is 0 Å². The van der Waals surface area contributed by atoms with E-state index < -0.39 is 5.82 Å². The van der Waals surface area contributed by atoms with Gasteiger partial charge in [-0.05, 0) is 38.1 Å². The number of aromatic nitrogens is 3. The van der Waals surface area contributed by atoms with Gasteiger partial charge in [0.15, 0.2) is 5.69 Å². The molecule has 24 heavy (non-hydrogen) atoms. The molecule has 1 aromatic carbocycles. The Bertz CT molecular complexity index is 692. The minimum atomic E-state index is -0.509. The van der Waals surface area contributed by atoms with Crippen LogP contribution in [0.5, 0.6) is 0 Å². The van der Waals surface area contributed by atoms with Gasteiger partial charge < -0.3 is 10.6 Å². The average Bonchev–Trinajstić information content (AvgIpc) is 2.91. The van der Waals surface area contributed by atoms with Gasteiger partial charge in [0.1, 0.15) is 5.82 Å². The van der Waals surface area contributed by atoms with Crippen LogP contribution in [0.2, 0.25) is 5.02 Å². The van der Waals surface area contributed by atoms with Crippen LogP contribution in [0.1, 0.15) is 29.5 Å².